The SMILES string of the molecule is COc1ccc([C@H]2[C@@H](C(=O)Nc3ccccc3OC)c3ccccc3C(=O)N2Cc2ccc(F)cc2)cc1. The maximum Gasteiger partial charge on any atom is 0.255 e. The highest BCUT2D eigenvalue weighted by atomic mass is 19.1. The molecule has 0 unspecified atom stereocenters. The molecule has 0 saturated carbocycles. The maximum atomic E-state index is 14.1. The van der Waals surface area contributed by atoms with Crippen molar-refractivity contribution in [2.24, 2.45) is 0 Å². The Morgan fingerprint density at radius 3 is 2.26 bits per heavy atom. The van der Waals surface area contributed by atoms with E-state index in [4.69, 9.17) is 9.47 Å². The molecule has 2 amide bonds. The Hall–Kier alpha value is -4.65. The van der Waals surface area contributed by atoms with Gasteiger partial charge in [-0.05, 0) is 59.2 Å². The number of hydrogen-bond donors (Lipinski definition) is 1. The van der Waals surface area contributed by atoms with E-state index in [1.807, 2.05) is 48.5 Å². The zero-order valence-corrected chi connectivity index (χ0v) is 21.1. The molecule has 5 rings (SSSR count). The maximum absolute atomic E-state index is 14.1. The zero-order chi connectivity index (χ0) is 26.6. The number of hydrogen-bond acceptors (Lipinski definition) is 4. The number of nitrogens with one attached hydrogen (secondary N) is 1. The highest BCUT2D eigenvalue weighted by Gasteiger charge is 2.44. The third-order valence-corrected chi connectivity index (χ3v) is 6.81. The molecule has 4 aromatic rings. The largest absolute Gasteiger partial charge is 0.497 e. The first-order valence-electron chi connectivity index (χ1n) is 12.2. The van der Waals surface area contributed by atoms with Gasteiger partial charge >= 0.3 is 0 Å². The van der Waals surface area contributed by atoms with Gasteiger partial charge in [0.2, 0.25) is 5.91 Å². The first kappa shape index (κ1) is 25.0. The number of amides is 2. The molecular formula is C31H27FN2O4. The quantitative estimate of drug-likeness (QED) is 0.333. The van der Waals surface area contributed by atoms with E-state index in [-0.39, 0.29) is 24.2 Å². The van der Waals surface area contributed by atoms with Crippen molar-refractivity contribution in [2.45, 2.75) is 18.5 Å². The van der Waals surface area contributed by atoms with Gasteiger partial charge in [0, 0.05) is 12.1 Å². The number of halogens is 1. The number of ether oxygens (including phenoxy) is 2. The molecule has 1 heterocycles. The van der Waals surface area contributed by atoms with Crippen molar-refractivity contribution in [2.75, 3.05) is 19.5 Å². The summed E-state index contributed by atoms with van der Waals surface area (Å²) in [6, 6.07) is 27.1. The average Bonchev–Trinajstić information content (AvgIpc) is 2.95. The molecule has 0 fully saturated rings. The summed E-state index contributed by atoms with van der Waals surface area (Å²) in [5, 5.41) is 3.02. The van der Waals surface area contributed by atoms with Gasteiger partial charge in [-0.3, -0.25) is 9.59 Å². The van der Waals surface area contributed by atoms with E-state index >= 15 is 0 Å². The van der Waals surface area contributed by atoms with Gasteiger partial charge in [0.15, 0.2) is 0 Å². The number of para-hydroxylation sites is 2. The molecule has 1 N–H and O–H groups in total. The second kappa shape index (κ2) is 10.8. The van der Waals surface area contributed by atoms with Crippen LogP contribution in [0.25, 0.3) is 0 Å². The van der Waals surface area contributed by atoms with Gasteiger partial charge in [-0.2, -0.15) is 0 Å². The lowest BCUT2D eigenvalue weighted by atomic mass is 9.79. The van der Waals surface area contributed by atoms with E-state index < -0.39 is 12.0 Å². The Bertz CT molecular complexity index is 1450. The van der Waals surface area contributed by atoms with Gasteiger partial charge in [-0.1, -0.05) is 54.6 Å². The van der Waals surface area contributed by atoms with Crippen LogP contribution >= 0.6 is 0 Å². The van der Waals surface area contributed by atoms with Gasteiger partial charge in [0.1, 0.15) is 17.3 Å². The van der Waals surface area contributed by atoms with E-state index in [0.29, 0.717) is 28.3 Å². The second-order valence-electron chi connectivity index (χ2n) is 9.03. The first-order chi connectivity index (χ1) is 18.5. The van der Waals surface area contributed by atoms with Crippen LogP contribution in [-0.4, -0.2) is 30.9 Å². The van der Waals surface area contributed by atoms with E-state index in [9.17, 15) is 14.0 Å². The Labute approximate surface area is 220 Å². The minimum atomic E-state index is -0.734. The Morgan fingerprint density at radius 1 is 0.868 bits per heavy atom. The second-order valence-corrected chi connectivity index (χ2v) is 9.03. The van der Waals surface area contributed by atoms with Crippen molar-refractivity contribution in [3.8, 4) is 11.5 Å². The fraction of sp³-hybridized carbons (Fsp3) is 0.161. The minimum absolute atomic E-state index is 0.197. The number of benzene rings is 4. The van der Waals surface area contributed by atoms with Gasteiger partial charge in [-0.25, -0.2) is 4.39 Å². The Kier molecular flexibility index (Phi) is 7.09. The molecule has 4 aromatic carbocycles. The first-order valence-corrected chi connectivity index (χ1v) is 12.2. The lowest BCUT2D eigenvalue weighted by Crippen LogP contribution is -2.45. The van der Waals surface area contributed by atoms with Crippen LogP contribution in [0.3, 0.4) is 0 Å². The molecule has 0 bridgehead atoms. The van der Waals surface area contributed by atoms with Crippen molar-refractivity contribution < 1.29 is 23.5 Å². The molecule has 1 aliphatic heterocycles. The molecule has 38 heavy (non-hydrogen) atoms. The van der Waals surface area contributed by atoms with Crippen LogP contribution in [-0.2, 0) is 11.3 Å². The number of carbonyl (C=O) groups is 2. The molecule has 2 atom stereocenters. The number of methoxy groups -OCH3 is 2. The van der Waals surface area contributed by atoms with E-state index in [1.54, 1.807) is 55.5 Å². The Morgan fingerprint density at radius 2 is 1.55 bits per heavy atom. The summed E-state index contributed by atoms with van der Waals surface area (Å²) >= 11 is 0. The molecule has 192 valence electrons. The summed E-state index contributed by atoms with van der Waals surface area (Å²) in [4.78, 5) is 29.7. The monoisotopic (exact) mass is 510 g/mol. The topological polar surface area (TPSA) is 67.9 Å². The third kappa shape index (κ3) is 4.83. The number of carbonyl (C=O) groups excluding carboxylic acids is 2. The molecule has 0 saturated heterocycles. The summed E-state index contributed by atoms with van der Waals surface area (Å²) in [7, 11) is 3.13. The average molecular weight is 511 g/mol. The van der Waals surface area contributed by atoms with Gasteiger partial charge in [0.05, 0.1) is 31.9 Å². The van der Waals surface area contributed by atoms with Crippen LogP contribution in [0.5, 0.6) is 11.5 Å². The molecule has 6 nitrogen and oxygen atoms in total. The molecular weight excluding hydrogens is 483 g/mol. The summed E-state index contributed by atoms with van der Waals surface area (Å²) in [6.45, 7) is 0.197. The summed E-state index contributed by atoms with van der Waals surface area (Å²) < 4.78 is 24.4. The number of nitrogens with zero attached hydrogens (tertiary/aromatic N) is 1. The van der Waals surface area contributed by atoms with Crippen molar-refractivity contribution in [1.82, 2.24) is 4.90 Å². The molecule has 7 heteroatoms. The highest BCUT2D eigenvalue weighted by molar-refractivity contribution is 6.04. The van der Waals surface area contributed by atoms with Crippen LogP contribution in [0.15, 0.2) is 97.1 Å². The molecule has 0 radical (unpaired) electrons. The third-order valence-electron chi connectivity index (χ3n) is 6.81. The smallest absolute Gasteiger partial charge is 0.255 e. The van der Waals surface area contributed by atoms with Crippen LogP contribution in [0.4, 0.5) is 10.1 Å². The summed E-state index contributed by atoms with van der Waals surface area (Å²) in [6.07, 6.45) is 0. The van der Waals surface area contributed by atoms with Crippen molar-refractivity contribution in [3.63, 3.8) is 0 Å². The zero-order valence-electron chi connectivity index (χ0n) is 21.1. The number of rotatable bonds is 7. The fourth-order valence-corrected chi connectivity index (χ4v) is 4.97. The molecule has 0 aliphatic carbocycles. The fourth-order valence-electron chi connectivity index (χ4n) is 4.97. The lowest BCUT2D eigenvalue weighted by Gasteiger charge is -2.42. The predicted octanol–water partition coefficient (Wildman–Crippen LogP) is 5.96. The van der Waals surface area contributed by atoms with Gasteiger partial charge in [0.25, 0.3) is 5.91 Å². The minimum Gasteiger partial charge on any atom is -0.497 e. The van der Waals surface area contributed by atoms with Crippen LogP contribution in [0.1, 0.15) is 39.0 Å². The van der Waals surface area contributed by atoms with Gasteiger partial charge in [-0.15, -0.1) is 0 Å². The van der Waals surface area contributed by atoms with E-state index in [0.717, 1.165) is 11.1 Å². The molecule has 0 aromatic heterocycles. The van der Waals surface area contributed by atoms with Crippen molar-refractivity contribution >= 4 is 17.5 Å². The highest BCUT2D eigenvalue weighted by Crippen LogP contribution is 2.44. The van der Waals surface area contributed by atoms with E-state index in [1.165, 1.54) is 12.1 Å². The lowest BCUT2D eigenvalue weighted by molar-refractivity contribution is -0.119. The Balaban J connectivity index is 1.64. The van der Waals surface area contributed by atoms with Crippen molar-refractivity contribution in [1.29, 1.82) is 0 Å². The van der Waals surface area contributed by atoms with Crippen LogP contribution in [0, 0.1) is 5.82 Å². The normalized spacial score (nSPS) is 16.5. The van der Waals surface area contributed by atoms with Crippen LogP contribution in [0.2, 0.25) is 0 Å². The number of anilines is 1. The summed E-state index contributed by atoms with van der Waals surface area (Å²) in [5.74, 6) is -0.375. The van der Waals surface area contributed by atoms with E-state index in [2.05, 4.69) is 5.32 Å². The van der Waals surface area contributed by atoms with Crippen molar-refractivity contribution in [3.05, 3.63) is 125 Å². The number of fused-ring (bicyclic) bond motifs is 1. The predicted molar refractivity (Wildman–Crippen MR) is 143 cm³/mol. The van der Waals surface area contributed by atoms with Crippen LogP contribution < -0.4 is 14.8 Å². The summed E-state index contributed by atoms with van der Waals surface area (Å²) in [5.41, 5.74) is 3.16. The van der Waals surface area contributed by atoms with Gasteiger partial charge < -0.3 is 19.7 Å². The molecule has 1 aliphatic rings. The molecule has 0 spiro atoms. The standard InChI is InChI=1S/C31H27FN2O4/c1-37-23-17-13-21(14-18-23)29-28(30(35)33-26-9-5-6-10-27(26)38-2)24-7-3-4-8-25(24)31(36)34(29)19-20-11-15-22(32)16-12-20/h3-18,28-29H,19H2,1-2H3,(H,33,35)/t28-,29-/m0/s1.